The van der Waals surface area contributed by atoms with Crippen molar-refractivity contribution in [2.75, 3.05) is 26.8 Å². The Morgan fingerprint density at radius 3 is 2.54 bits per heavy atom. The predicted molar refractivity (Wildman–Crippen MR) is 100 cm³/mol. The smallest absolute Gasteiger partial charge is 0.257 e. The molecule has 0 aliphatic rings. The zero-order valence-electron chi connectivity index (χ0n) is 15.3. The summed E-state index contributed by atoms with van der Waals surface area (Å²) in [7, 11) is 1.54. The normalized spacial score (nSPS) is 10.6. The summed E-state index contributed by atoms with van der Waals surface area (Å²) >= 11 is 0. The fourth-order valence-electron chi connectivity index (χ4n) is 2.61. The lowest BCUT2D eigenvalue weighted by Gasteiger charge is -2.11. The molecular weight excluding hydrogens is 365 g/mol. The van der Waals surface area contributed by atoms with E-state index in [4.69, 9.17) is 4.74 Å². The van der Waals surface area contributed by atoms with E-state index in [1.165, 1.54) is 30.1 Å². The summed E-state index contributed by atoms with van der Waals surface area (Å²) in [6.45, 7) is 0.583. The molecule has 9 heteroatoms. The average Bonchev–Trinajstić information content (AvgIpc) is 3.36. The number of aromatic nitrogens is 3. The summed E-state index contributed by atoms with van der Waals surface area (Å²) in [4.78, 5) is 24.4. The van der Waals surface area contributed by atoms with Crippen LogP contribution in [0.15, 0.2) is 55.0 Å². The second-order valence-corrected chi connectivity index (χ2v) is 5.89. The van der Waals surface area contributed by atoms with Gasteiger partial charge < -0.3 is 19.9 Å². The van der Waals surface area contributed by atoms with E-state index in [1.807, 2.05) is 12.1 Å². The van der Waals surface area contributed by atoms with Gasteiger partial charge in [-0.1, -0.05) is 0 Å². The largest absolute Gasteiger partial charge is 0.383 e. The molecule has 0 saturated carbocycles. The SMILES string of the molecule is COCCNC(=O)CNC(=O)c1cnn(-c2ccc(F)cc2)c1-n1cccc1. The van der Waals surface area contributed by atoms with Gasteiger partial charge >= 0.3 is 0 Å². The minimum absolute atomic E-state index is 0.171. The minimum Gasteiger partial charge on any atom is -0.383 e. The molecule has 0 spiro atoms. The number of carbonyl (C=O) groups excluding carboxylic acids is 2. The van der Waals surface area contributed by atoms with Crippen LogP contribution in [0.3, 0.4) is 0 Å². The number of benzene rings is 1. The third kappa shape index (κ3) is 4.44. The number of nitrogens with one attached hydrogen (secondary N) is 2. The lowest BCUT2D eigenvalue weighted by molar-refractivity contribution is -0.120. The molecule has 0 unspecified atom stereocenters. The topological polar surface area (TPSA) is 90.2 Å². The Balaban J connectivity index is 1.82. The van der Waals surface area contributed by atoms with Crippen LogP contribution in [0, 0.1) is 5.82 Å². The van der Waals surface area contributed by atoms with Gasteiger partial charge in [-0.2, -0.15) is 5.10 Å². The second kappa shape index (κ2) is 8.96. The molecule has 0 aliphatic heterocycles. The third-order valence-electron chi connectivity index (χ3n) is 3.95. The molecule has 0 radical (unpaired) electrons. The molecule has 3 rings (SSSR count). The van der Waals surface area contributed by atoms with E-state index in [2.05, 4.69) is 15.7 Å². The second-order valence-electron chi connectivity index (χ2n) is 5.89. The number of rotatable bonds is 8. The summed E-state index contributed by atoms with van der Waals surface area (Å²) in [5.41, 5.74) is 0.881. The highest BCUT2D eigenvalue weighted by Gasteiger charge is 2.20. The van der Waals surface area contributed by atoms with E-state index < -0.39 is 5.91 Å². The van der Waals surface area contributed by atoms with Crippen molar-refractivity contribution in [2.45, 2.75) is 0 Å². The molecule has 2 amide bonds. The molecule has 8 nitrogen and oxygen atoms in total. The van der Waals surface area contributed by atoms with E-state index in [9.17, 15) is 14.0 Å². The standard InChI is InChI=1S/C19H20FN5O3/c1-28-11-8-21-17(26)13-22-18(27)16-12-23-25(15-6-4-14(20)5-7-15)19(16)24-9-2-3-10-24/h2-7,9-10,12H,8,11,13H2,1H3,(H,21,26)(H,22,27). The monoisotopic (exact) mass is 385 g/mol. The van der Waals surface area contributed by atoms with E-state index in [0.717, 1.165) is 0 Å². The highest BCUT2D eigenvalue weighted by Crippen LogP contribution is 2.20. The van der Waals surface area contributed by atoms with Crippen LogP contribution in [0.5, 0.6) is 0 Å². The molecule has 0 fully saturated rings. The van der Waals surface area contributed by atoms with Gasteiger partial charge in [0.25, 0.3) is 5.91 Å². The van der Waals surface area contributed by atoms with Crippen molar-refractivity contribution in [3.8, 4) is 11.5 Å². The van der Waals surface area contributed by atoms with Gasteiger partial charge in [0.2, 0.25) is 5.91 Å². The molecule has 3 aromatic rings. The van der Waals surface area contributed by atoms with Crippen LogP contribution in [0.4, 0.5) is 4.39 Å². The fourth-order valence-corrected chi connectivity index (χ4v) is 2.61. The van der Waals surface area contributed by atoms with Gasteiger partial charge in [0.1, 0.15) is 11.4 Å². The molecule has 0 aliphatic carbocycles. The maximum absolute atomic E-state index is 13.3. The molecule has 0 atom stereocenters. The van der Waals surface area contributed by atoms with Crippen LogP contribution in [-0.2, 0) is 9.53 Å². The first-order valence-electron chi connectivity index (χ1n) is 8.61. The zero-order chi connectivity index (χ0) is 19.9. The highest BCUT2D eigenvalue weighted by molar-refractivity contribution is 5.99. The Hall–Kier alpha value is -3.46. The number of methoxy groups -OCH3 is 1. The predicted octanol–water partition coefficient (Wildman–Crippen LogP) is 1.29. The van der Waals surface area contributed by atoms with Crippen molar-refractivity contribution in [3.63, 3.8) is 0 Å². The Bertz CT molecular complexity index is 935. The van der Waals surface area contributed by atoms with Crippen molar-refractivity contribution in [3.05, 3.63) is 66.4 Å². The summed E-state index contributed by atoms with van der Waals surface area (Å²) < 4.78 is 21.4. The number of ether oxygens (including phenoxy) is 1. The molecule has 2 heterocycles. The quantitative estimate of drug-likeness (QED) is 0.572. The van der Waals surface area contributed by atoms with Gasteiger partial charge in [0.15, 0.2) is 5.82 Å². The maximum Gasteiger partial charge on any atom is 0.257 e. The number of amides is 2. The first-order chi connectivity index (χ1) is 13.6. The molecule has 0 bridgehead atoms. The Kier molecular flexibility index (Phi) is 6.18. The van der Waals surface area contributed by atoms with Crippen molar-refractivity contribution < 1.29 is 18.7 Å². The minimum atomic E-state index is -0.445. The molecule has 0 saturated heterocycles. The first kappa shape index (κ1) is 19.3. The van der Waals surface area contributed by atoms with Crippen molar-refractivity contribution in [1.82, 2.24) is 25.0 Å². The van der Waals surface area contributed by atoms with Gasteiger partial charge in [0.05, 0.1) is 25.0 Å². The van der Waals surface area contributed by atoms with Gasteiger partial charge in [-0.3, -0.25) is 9.59 Å². The number of nitrogens with zero attached hydrogens (tertiary/aromatic N) is 3. The average molecular weight is 385 g/mol. The van der Waals surface area contributed by atoms with E-state index in [-0.39, 0.29) is 23.8 Å². The summed E-state index contributed by atoms with van der Waals surface area (Å²) in [5, 5.41) is 9.49. The Morgan fingerprint density at radius 1 is 1.14 bits per heavy atom. The van der Waals surface area contributed by atoms with Crippen LogP contribution < -0.4 is 10.6 Å². The van der Waals surface area contributed by atoms with Crippen molar-refractivity contribution >= 4 is 11.8 Å². The molecule has 2 N–H and O–H groups in total. The number of halogens is 1. The number of hydrogen-bond acceptors (Lipinski definition) is 4. The Labute approximate surface area is 160 Å². The van der Waals surface area contributed by atoms with Crippen LogP contribution in [0.1, 0.15) is 10.4 Å². The molecule has 146 valence electrons. The zero-order valence-corrected chi connectivity index (χ0v) is 15.3. The summed E-state index contributed by atoms with van der Waals surface area (Å²) in [5.74, 6) is -0.650. The third-order valence-corrected chi connectivity index (χ3v) is 3.95. The first-order valence-corrected chi connectivity index (χ1v) is 8.61. The lowest BCUT2D eigenvalue weighted by Crippen LogP contribution is -2.38. The lowest BCUT2D eigenvalue weighted by atomic mass is 10.2. The maximum atomic E-state index is 13.3. The van der Waals surface area contributed by atoms with Gasteiger partial charge in [0, 0.05) is 26.0 Å². The molecule has 28 heavy (non-hydrogen) atoms. The summed E-state index contributed by atoms with van der Waals surface area (Å²) in [6.07, 6.45) is 4.95. The van der Waals surface area contributed by atoms with Crippen LogP contribution in [0.2, 0.25) is 0 Å². The molecule has 2 aromatic heterocycles. The van der Waals surface area contributed by atoms with E-state index in [1.54, 1.807) is 29.1 Å². The van der Waals surface area contributed by atoms with Gasteiger partial charge in [-0.05, 0) is 36.4 Å². The molecular formula is C19H20FN5O3. The van der Waals surface area contributed by atoms with Crippen molar-refractivity contribution in [2.24, 2.45) is 0 Å². The van der Waals surface area contributed by atoms with E-state index >= 15 is 0 Å². The number of hydrogen-bond donors (Lipinski definition) is 2. The summed E-state index contributed by atoms with van der Waals surface area (Å²) in [6, 6.07) is 9.40. The Morgan fingerprint density at radius 2 is 1.86 bits per heavy atom. The highest BCUT2D eigenvalue weighted by atomic mass is 19.1. The van der Waals surface area contributed by atoms with Crippen LogP contribution in [0.25, 0.3) is 11.5 Å². The van der Waals surface area contributed by atoms with Gasteiger partial charge in [-0.15, -0.1) is 0 Å². The van der Waals surface area contributed by atoms with Crippen LogP contribution in [-0.4, -0.2) is 53.0 Å². The fraction of sp³-hybridized carbons (Fsp3) is 0.211. The van der Waals surface area contributed by atoms with E-state index in [0.29, 0.717) is 24.7 Å². The van der Waals surface area contributed by atoms with Crippen molar-refractivity contribution in [1.29, 1.82) is 0 Å². The van der Waals surface area contributed by atoms with Crippen LogP contribution >= 0.6 is 0 Å². The van der Waals surface area contributed by atoms with Gasteiger partial charge in [-0.25, -0.2) is 9.07 Å². The number of carbonyl (C=O) groups is 2. The molecule has 1 aromatic carbocycles.